The Hall–Kier alpha value is -0.440. The molecule has 0 fully saturated rings. The Morgan fingerprint density at radius 2 is 1.22 bits per heavy atom. The molecule has 0 bridgehead atoms. The minimum atomic E-state index is -0.867. The summed E-state index contributed by atoms with van der Waals surface area (Å²) in [5.74, 6) is -0.850. The smallest absolute Gasteiger partial charge is 0.304 e. The van der Waals surface area contributed by atoms with Crippen LogP contribution in [0.3, 0.4) is 0 Å². The molecule has 0 heterocycles. The van der Waals surface area contributed by atoms with Crippen LogP contribution in [0.1, 0.15) is 12.8 Å². The maximum Gasteiger partial charge on any atom is 0.304 e. The number of carboxylic acids is 2. The molecule has 2 atom stereocenters. The lowest BCUT2D eigenvalue weighted by atomic mass is 10.2. The maximum absolute atomic E-state index is 10.5. The van der Waals surface area contributed by atoms with Gasteiger partial charge in [0.15, 0.2) is 0 Å². The number of hydrogen-bond donors (Lipinski definition) is 6. The highest BCUT2D eigenvalue weighted by Gasteiger charge is 2.12. The predicted octanol–water partition coefficient (Wildman–Crippen LogP) is -0.288. The van der Waals surface area contributed by atoms with Crippen molar-refractivity contribution in [2.75, 3.05) is 24.6 Å². The fourth-order valence-electron chi connectivity index (χ4n) is 1.38. The van der Waals surface area contributed by atoms with E-state index in [1.165, 1.54) is 0 Å². The number of thiol groups is 2. The number of rotatable bonds is 11. The molecule has 0 rings (SSSR count). The second-order valence-corrected chi connectivity index (χ2v) is 4.59. The highest BCUT2D eigenvalue weighted by molar-refractivity contribution is 7.80. The Balaban J connectivity index is 3.75. The molecule has 0 aromatic carbocycles. The molecule has 6 nitrogen and oxygen atoms in total. The monoisotopic (exact) mass is 296 g/mol. The van der Waals surface area contributed by atoms with Gasteiger partial charge in [-0.2, -0.15) is 25.3 Å². The second kappa shape index (κ2) is 10.5. The summed E-state index contributed by atoms with van der Waals surface area (Å²) in [4.78, 5) is 21.0. The Morgan fingerprint density at radius 1 is 0.889 bits per heavy atom. The molecule has 0 radical (unpaired) electrons. The predicted molar refractivity (Wildman–Crippen MR) is 75.8 cm³/mol. The number of aliphatic carboxylic acids is 2. The van der Waals surface area contributed by atoms with Gasteiger partial charge in [0.2, 0.25) is 0 Å². The van der Waals surface area contributed by atoms with Gasteiger partial charge in [0, 0.05) is 36.7 Å². The normalized spacial score (nSPS) is 14.1. The topological polar surface area (TPSA) is 98.7 Å². The van der Waals surface area contributed by atoms with Crippen LogP contribution in [-0.4, -0.2) is 58.8 Å². The average molecular weight is 296 g/mol. The molecular weight excluding hydrogens is 276 g/mol. The fourth-order valence-corrected chi connectivity index (χ4v) is 1.89. The van der Waals surface area contributed by atoms with Gasteiger partial charge in [-0.25, -0.2) is 0 Å². The summed E-state index contributed by atoms with van der Waals surface area (Å²) in [7, 11) is 0. The molecule has 0 aromatic rings. The number of hydrogen-bond acceptors (Lipinski definition) is 6. The molecule has 18 heavy (non-hydrogen) atoms. The first-order valence-corrected chi connectivity index (χ1v) is 6.88. The van der Waals surface area contributed by atoms with Crippen LogP contribution >= 0.6 is 25.3 Å². The van der Waals surface area contributed by atoms with E-state index in [0.29, 0.717) is 24.6 Å². The van der Waals surface area contributed by atoms with Gasteiger partial charge in [0.1, 0.15) is 0 Å². The molecule has 106 valence electrons. The van der Waals surface area contributed by atoms with Gasteiger partial charge < -0.3 is 20.8 Å². The van der Waals surface area contributed by atoms with E-state index in [1.807, 2.05) is 0 Å². The first-order valence-electron chi connectivity index (χ1n) is 5.61. The van der Waals surface area contributed by atoms with Crippen LogP contribution in [-0.2, 0) is 9.59 Å². The van der Waals surface area contributed by atoms with E-state index in [9.17, 15) is 9.59 Å². The van der Waals surface area contributed by atoms with Crippen LogP contribution in [0.4, 0.5) is 0 Å². The Morgan fingerprint density at radius 3 is 1.44 bits per heavy atom. The molecule has 0 amide bonds. The Kier molecular flexibility index (Phi) is 10.2. The number of carbonyl (C=O) groups is 2. The highest BCUT2D eigenvalue weighted by atomic mass is 32.1. The van der Waals surface area contributed by atoms with Crippen molar-refractivity contribution in [3.8, 4) is 0 Å². The SMILES string of the molecule is O=C(O)C[C@H](CS)NCCN[C@@H](CS)CC(=O)O. The lowest BCUT2D eigenvalue weighted by molar-refractivity contribution is -0.138. The molecular formula is C10H20N2O4S2. The molecule has 0 saturated heterocycles. The van der Waals surface area contributed by atoms with Crippen LogP contribution in [0.2, 0.25) is 0 Å². The van der Waals surface area contributed by atoms with Crippen LogP contribution in [0.25, 0.3) is 0 Å². The van der Waals surface area contributed by atoms with Gasteiger partial charge in [0.25, 0.3) is 0 Å². The van der Waals surface area contributed by atoms with Crippen LogP contribution in [0.5, 0.6) is 0 Å². The first-order chi connectivity index (χ1) is 8.49. The summed E-state index contributed by atoms with van der Waals surface area (Å²) in [6.07, 6.45) is 0.0449. The zero-order valence-corrected chi connectivity index (χ0v) is 11.8. The number of nitrogens with one attached hydrogen (secondary N) is 2. The van der Waals surface area contributed by atoms with Crippen molar-refractivity contribution in [3.05, 3.63) is 0 Å². The van der Waals surface area contributed by atoms with Crippen LogP contribution < -0.4 is 10.6 Å². The van der Waals surface area contributed by atoms with E-state index in [1.54, 1.807) is 0 Å². The van der Waals surface area contributed by atoms with Gasteiger partial charge in [-0.05, 0) is 0 Å². The first kappa shape index (κ1) is 17.6. The van der Waals surface area contributed by atoms with E-state index in [4.69, 9.17) is 10.2 Å². The number of carboxylic acid groups (broad SMARTS) is 2. The van der Waals surface area contributed by atoms with E-state index in [-0.39, 0.29) is 24.9 Å². The lowest BCUT2D eigenvalue weighted by Gasteiger charge is -2.17. The van der Waals surface area contributed by atoms with E-state index < -0.39 is 11.9 Å². The van der Waals surface area contributed by atoms with E-state index >= 15 is 0 Å². The molecule has 0 aliphatic rings. The zero-order valence-electron chi connectivity index (χ0n) is 10.0. The summed E-state index contributed by atoms with van der Waals surface area (Å²) in [5.41, 5.74) is 0. The van der Waals surface area contributed by atoms with Gasteiger partial charge in [-0.3, -0.25) is 9.59 Å². The van der Waals surface area contributed by atoms with Gasteiger partial charge in [0.05, 0.1) is 12.8 Å². The van der Waals surface area contributed by atoms with Crippen molar-refractivity contribution in [3.63, 3.8) is 0 Å². The minimum Gasteiger partial charge on any atom is -0.481 e. The van der Waals surface area contributed by atoms with Gasteiger partial charge in [-0.15, -0.1) is 0 Å². The average Bonchev–Trinajstić information content (AvgIpc) is 2.30. The Bertz CT molecular complexity index is 240. The Labute approximate surface area is 117 Å². The lowest BCUT2D eigenvalue weighted by Crippen LogP contribution is -2.41. The van der Waals surface area contributed by atoms with Crippen molar-refractivity contribution < 1.29 is 19.8 Å². The van der Waals surface area contributed by atoms with Gasteiger partial charge >= 0.3 is 11.9 Å². The van der Waals surface area contributed by atoms with Crippen molar-refractivity contribution in [2.24, 2.45) is 0 Å². The van der Waals surface area contributed by atoms with Crippen molar-refractivity contribution in [1.82, 2.24) is 10.6 Å². The molecule has 0 aromatic heterocycles. The minimum absolute atomic E-state index is 0.0224. The summed E-state index contributed by atoms with van der Waals surface area (Å²) < 4.78 is 0. The molecule has 0 unspecified atom stereocenters. The molecule has 0 saturated carbocycles. The van der Waals surface area contributed by atoms with Crippen LogP contribution in [0, 0.1) is 0 Å². The molecule has 4 N–H and O–H groups in total. The third-order valence-corrected chi connectivity index (χ3v) is 3.16. The quantitative estimate of drug-likeness (QED) is 0.232. The summed E-state index contributed by atoms with van der Waals surface area (Å²) in [6.45, 7) is 1.12. The van der Waals surface area contributed by atoms with E-state index in [2.05, 4.69) is 35.9 Å². The third kappa shape index (κ3) is 9.58. The zero-order chi connectivity index (χ0) is 14.0. The molecule has 8 heteroatoms. The molecule has 0 spiro atoms. The van der Waals surface area contributed by atoms with Crippen molar-refractivity contribution in [2.45, 2.75) is 24.9 Å². The second-order valence-electron chi connectivity index (χ2n) is 3.86. The molecule has 0 aliphatic heterocycles. The summed E-state index contributed by atoms with van der Waals surface area (Å²) in [6, 6.07) is -0.358. The summed E-state index contributed by atoms with van der Waals surface area (Å²) in [5, 5.41) is 23.3. The highest BCUT2D eigenvalue weighted by Crippen LogP contribution is 1.96. The van der Waals surface area contributed by atoms with Crippen molar-refractivity contribution >= 4 is 37.2 Å². The summed E-state index contributed by atoms with van der Waals surface area (Å²) >= 11 is 8.12. The molecule has 0 aliphatic carbocycles. The van der Waals surface area contributed by atoms with Crippen LogP contribution in [0.15, 0.2) is 0 Å². The largest absolute Gasteiger partial charge is 0.481 e. The van der Waals surface area contributed by atoms with Crippen molar-refractivity contribution in [1.29, 1.82) is 0 Å². The van der Waals surface area contributed by atoms with E-state index in [0.717, 1.165) is 0 Å². The maximum atomic E-state index is 10.5. The van der Waals surface area contributed by atoms with Gasteiger partial charge in [-0.1, -0.05) is 0 Å². The third-order valence-electron chi connectivity index (χ3n) is 2.27. The standard InChI is InChI=1S/C10H20N2O4S2/c13-9(14)3-7(5-17)11-1-2-12-8(6-18)4-10(15)16/h7-8,11-12,17-18H,1-6H2,(H,13,14)(H,15,16)/t7-,8-/m1/s1. The fraction of sp³-hybridized carbons (Fsp3) is 0.800.